The molecule has 0 amide bonds. The van der Waals surface area contributed by atoms with Crippen molar-refractivity contribution >= 4 is 41.6 Å². The van der Waals surface area contributed by atoms with Gasteiger partial charge in [-0.05, 0) is 97.2 Å². The zero-order chi connectivity index (χ0) is 33.1. The summed E-state index contributed by atoms with van der Waals surface area (Å²) in [6.07, 6.45) is -6.66. The minimum atomic E-state index is -4.99. The van der Waals surface area contributed by atoms with E-state index >= 15 is 0 Å². The highest BCUT2D eigenvalue weighted by Crippen LogP contribution is 2.38. The topological polar surface area (TPSA) is 87.4 Å². The zero-order valence-corrected chi connectivity index (χ0v) is 27.1. The lowest BCUT2D eigenvalue weighted by atomic mass is 9.81. The number of rotatable bonds is 11. The number of anilines is 2. The van der Waals surface area contributed by atoms with Crippen LogP contribution in [0.3, 0.4) is 0 Å². The predicted molar refractivity (Wildman–Crippen MR) is 164 cm³/mol. The molecule has 1 aliphatic rings. The molecule has 0 radical (unpaired) electrons. The number of hydrogen-bond acceptors (Lipinski definition) is 6. The average Bonchev–Trinajstić information content (AvgIpc) is 3.41. The van der Waals surface area contributed by atoms with Gasteiger partial charge in [-0.1, -0.05) is 23.6 Å². The predicted octanol–water partition coefficient (Wildman–Crippen LogP) is 7.81. The van der Waals surface area contributed by atoms with Crippen LogP contribution in [0.4, 0.5) is 38.0 Å². The van der Waals surface area contributed by atoms with Crippen molar-refractivity contribution < 1.29 is 36.2 Å². The molecule has 1 saturated carbocycles. The monoisotopic (exact) mass is 696 g/mol. The number of carboxylic acid groups (broad SMARTS) is 1. The fourth-order valence-corrected chi connectivity index (χ4v) is 6.09. The second kappa shape index (κ2) is 15.1. The first kappa shape index (κ1) is 37.2. The summed E-state index contributed by atoms with van der Waals surface area (Å²) in [5.41, 5.74) is -0.692. The van der Waals surface area contributed by atoms with E-state index in [0.717, 1.165) is 28.9 Å². The number of aliphatic carboxylic acids is 1. The Kier molecular flexibility index (Phi) is 12.2. The number of tetrazole rings is 1. The Morgan fingerprint density at radius 3 is 2.02 bits per heavy atom. The molecule has 0 bridgehead atoms. The first-order chi connectivity index (χ1) is 21.1. The molecular weight excluding hydrogens is 661 g/mol. The van der Waals surface area contributed by atoms with Gasteiger partial charge < -0.3 is 14.9 Å². The number of alkyl halides is 6. The fraction of sp³-hybridized carbons (Fsp3) is 0.533. The quantitative estimate of drug-likeness (QED) is 0.205. The van der Waals surface area contributed by atoms with Crippen molar-refractivity contribution in [2.24, 2.45) is 18.9 Å². The molecule has 3 aromatic rings. The number of nitrogens with zero attached hydrogens (tertiary/aromatic N) is 6. The van der Waals surface area contributed by atoms with E-state index < -0.39 is 29.4 Å². The van der Waals surface area contributed by atoms with E-state index in [2.05, 4.69) is 20.3 Å². The first-order valence-corrected chi connectivity index (χ1v) is 15.0. The number of hydrogen-bond donors (Lipinski definition) is 1. The van der Waals surface area contributed by atoms with Gasteiger partial charge in [0.1, 0.15) is 0 Å². The molecule has 4 rings (SSSR count). The molecule has 0 unspecified atom stereocenters. The smallest absolute Gasteiger partial charge is 0.416 e. The number of aryl methyl sites for hydroxylation is 2. The zero-order valence-electron chi connectivity index (χ0n) is 25.5. The number of halogens is 8. The van der Waals surface area contributed by atoms with E-state index in [4.69, 9.17) is 11.6 Å². The Balaban J connectivity index is 0.00000576. The summed E-state index contributed by atoms with van der Waals surface area (Å²) in [5, 5.41) is 21.9. The van der Waals surface area contributed by atoms with Gasteiger partial charge in [-0.15, -0.1) is 17.5 Å². The van der Waals surface area contributed by atoms with Crippen molar-refractivity contribution in [3.63, 3.8) is 0 Å². The van der Waals surface area contributed by atoms with Gasteiger partial charge >= 0.3 is 18.3 Å². The van der Waals surface area contributed by atoms with Gasteiger partial charge in [0.05, 0.1) is 24.1 Å². The first-order valence-electron chi connectivity index (χ1n) is 14.6. The van der Waals surface area contributed by atoms with Gasteiger partial charge in [-0.2, -0.15) is 31.1 Å². The summed E-state index contributed by atoms with van der Waals surface area (Å²) in [4.78, 5) is 16.2. The molecule has 1 aliphatic carbocycles. The van der Waals surface area contributed by atoms with Crippen LogP contribution in [-0.4, -0.2) is 44.4 Å². The molecule has 8 nitrogen and oxygen atoms in total. The van der Waals surface area contributed by atoms with Crippen molar-refractivity contribution in [2.45, 2.75) is 71.4 Å². The molecule has 16 heteroatoms. The van der Waals surface area contributed by atoms with Crippen LogP contribution in [0.25, 0.3) is 0 Å². The molecule has 0 saturated heterocycles. The fourth-order valence-electron chi connectivity index (χ4n) is 5.77. The molecule has 0 atom stereocenters. The van der Waals surface area contributed by atoms with Crippen molar-refractivity contribution in [1.82, 2.24) is 20.2 Å². The third-order valence-electron chi connectivity index (χ3n) is 8.19. The maximum Gasteiger partial charge on any atom is 0.416 e. The van der Waals surface area contributed by atoms with E-state index in [1.807, 2.05) is 19.9 Å². The molecule has 1 heterocycles. The third kappa shape index (κ3) is 9.18. The molecule has 1 fully saturated rings. The summed E-state index contributed by atoms with van der Waals surface area (Å²) in [6.45, 7) is 4.81. The van der Waals surface area contributed by atoms with Crippen molar-refractivity contribution in [2.75, 3.05) is 22.9 Å². The second-order valence-corrected chi connectivity index (χ2v) is 11.8. The minimum Gasteiger partial charge on any atom is -0.481 e. The molecule has 2 aromatic carbocycles. The Hall–Kier alpha value is -3.26. The van der Waals surface area contributed by atoms with E-state index in [1.165, 1.54) is 11.9 Å². The average molecular weight is 698 g/mol. The molecule has 0 spiro atoms. The Morgan fingerprint density at radius 1 is 0.935 bits per heavy atom. The molecule has 0 aliphatic heterocycles. The third-order valence-corrected chi connectivity index (χ3v) is 8.54. The Morgan fingerprint density at radius 2 is 1.54 bits per heavy atom. The number of carbonyl (C=O) groups is 1. The van der Waals surface area contributed by atoms with E-state index in [-0.39, 0.29) is 54.9 Å². The minimum absolute atomic E-state index is 0. The van der Waals surface area contributed by atoms with E-state index in [0.29, 0.717) is 55.1 Å². The normalized spacial score (nSPS) is 17.0. The van der Waals surface area contributed by atoms with Gasteiger partial charge in [-0.3, -0.25) is 4.79 Å². The molecule has 46 heavy (non-hydrogen) atoms. The Bertz CT molecular complexity index is 1460. The summed E-state index contributed by atoms with van der Waals surface area (Å²) < 4.78 is 81.8. The highest BCUT2D eigenvalue weighted by atomic mass is 35.5. The molecule has 254 valence electrons. The summed E-state index contributed by atoms with van der Waals surface area (Å²) in [5.74, 6) is -0.872. The molecular formula is C30H36Cl2F6N6O2. The maximum atomic E-state index is 13.6. The van der Waals surface area contributed by atoms with Crippen molar-refractivity contribution in [1.29, 1.82) is 0 Å². The van der Waals surface area contributed by atoms with Crippen LogP contribution in [0, 0.1) is 11.8 Å². The second-order valence-electron chi connectivity index (χ2n) is 11.4. The molecule has 1 aromatic heterocycles. The lowest BCUT2D eigenvalue weighted by Crippen LogP contribution is -2.34. The lowest BCUT2D eigenvalue weighted by molar-refractivity contribution is -0.144. The number of aromatic nitrogens is 4. The van der Waals surface area contributed by atoms with Gasteiger partial charge in [-0.25, -0.2) is 0 Å². The van der Waals surface area contributed by atoms with Gasteiger partial charge in [0.25, 0.3) is 5.95 Å². The van der Waals surface area contributed by atoms with Gasteiger partial charge in [0, 0.05) is 36.9 Å². The van der Waals surface area contributed by atoms with E-state index in [1.54, 1.807) is 6.07 Å². The van der Waals surface area contributed by atoms with Crippen LogP contribution in [0.5, 0.6) is 0 Å². The van der Waals surface area contributed by atoms with Crippen LogP contribution in [-0.2, 0) is 43.7 Å². The standard InChI is InChI=1S/C30H35ClF6N6O2.ClH/c1-4-20-13-26(42(5-2)15-18-6-8-21(9-7-18)27(44)45)22(12-25(20)31)17-43(28-38-40-41(3)39-28)16-19-10-23(29(32,33)34)14-24(11-19)30(35,36)37;/h10-14,18,21H,4-9,15-17H2,1-3H3,(H,44,45);1H. The van der Waals surface area contributed by atoms with Crippen LogP contribution >= 0.6 is 24.0 Å². The summed E-state index contributed by atoms with van der Waals surface area (Å²) in [6, 6.07) is 5.20. The van der Waals surface area contributed by atoms with Crippen LogP contribution < -0.4 is 9.80 Å². The van der Waals surface area contributed by atoms with E-state index in [9.17, 15) is 36.2 Å². The summed E-state index contributed by atoms with van der Waals surface area (Å²) >= 11 is 6.63. The number of benzene rings is 2. The number of carboxylic acids is 1. The SMILES string of the molecule is CCc1cc(N(CC)CC2CCC(C(=O)O)CC2)c(CN(Cc2cc(C(F)(F)F)cc(C(F)(F)F)c2)c2nnn(C)n2)cc1Cl.Cl. The van der Waals surface area contributed by atoms with Crippen LogP contribution in [0.15, 0.2) is 30.3 Å². The van der Waals surface area contributed by atoms with Crippen LogP contribution in [0.2, 0.25) is 5.02 Å². The largest absolute Gasteiger partial charge is 0.481 e. The van der Waals surface area contributed by atoms with Gasteiger partial charge in [0.15, 0.2) is 0 Å². The highest BCUT2D eigenvalue weighted by molar-refractivity contribution is 6.31. The van der Waals surface area contributed by atoms with Crippen molar-refractivity contribution in [3.8, 4) is 0 Å². The maximum absolute atomic E-state index is 13.6. The summed E-state index contributed by atoms with van der Waals surface area (Å²) in [7, 11) is 1.50. The van der Waals surface area contributed by atoms with Gasteiger partial charge in [0.2, 0.25) is 0 Å². The van der Waals surface area contributed by atoms with Crippen molar-refractivity contribution in [3.05, 3.63) is 63.2 Å². The Labute approximate surface area is 274 Å². The van der Waals surface area contributed by atoms with Crippen LogP contribution in [0.1, 0.15) is 67.3 Å². The molecule has 1 N–H and O–H groups in total. The highest BCUT2D eigenvalue weighted by Gasteiger charge is 2.37. The lowest BCUT2D eigenvalue weighted by Gasteiger charge is -2.34.